The number of carbonyl (C=O) groups is 1. The van der Waals surface area contributed by atoms with E-state index < -0.39 is 6.10 Å². The van der Waals surface area contributed by atoms with E-state index >= 15 is 0 Å². The molecule has 2 rings (SSSR count). The standard InChI is InChI=1S/C22H29NO2/c1-6-20(21(24)23-15-17-9-7-16(2)8-10-17)25-19-13-11-18(12-14-19)22(3,4)5/h7-14,20H,6,15H2,1-5H3,(H,23,24). The van der Waals surface area contributed by atoms with Gasteiger partial charge in [0.2, 0.25) is 0 Å². The van der Waals surface area contributed by atoms with Gasteiger partial charge in [0.15, 0.2) is 6.10 Å². The van der Waals surface area contributed by atoms with E-state index in [1.54, 1.807) is 0 Å². The third kappa shape index (κ3) is 5.63. The van der Waals surface area contributed by atoms with Gasteiger partial charge in [-0.2, -0.15) is 0 Å². The zero-order chi connectivity index (χ0) is 18.4. The minimum Gasteiger partial charge on any atom is -0.481 e. The van der Waals surface area contributed by atoms with E-state index in [4.69, 9.17) is 4.74 Å². The highest BCUT2D eigenvalue weighted by atomic mass is 16.5. The zero-order valence-corrected chi connectivity index (χ0v) is 15.9. The smallest absolute Gasteiger partial charge is 0.261 e. The van der Waals surface area contributed by atoms with Crippen molar-refractivity contribution >= 4 is 5.91 Å². The Kier molecular flexibility index (Phi) is 6.24. The highest BCUT2D eigenvalue weighted by Crippen LogP contribution is 2.24. The Labute approximate surface area is 151 Å². The monoisotopic (exact) mass is 339 g/mol. The first-order valence-electron chi connectivity index (χ1n) is 8.90. The SMILES string of the molecule is CCC(Oc1ccc(C(C)(C)C)cc1)C(=O)NCc1ccc(C)cc1. The average Bonchev–Trinajstić information content (AvgIpc) is 2.58. The largest absolute Gasteiger partial charge is 0.481 e. The Bertz CT molecular complexity index is 681. The Morgan fingerprint density at radius 1 is 1.04 bits per heavy atom. The third-order valence-corrected chi connectivity index (χ3v) is 4.25. The van der Waals surface area contributed by atoms with Gasteiger partial charge in [-0.25, -0.2) is 0 Å². The number of ether oxygens (including phenoxy) is 1. The van der Waals surface area contributed by atoms with Crippen molar-refractivity contribution < 1.29 is 9.53 Å². The molecule has 0 heterocycles. The summed E-state index contributed by atoms with van der Waals surface area (Å²) >= 11 is 0. The molecule has 1 atom stereocenters. The molecule has 134 valence electrons. The van der Waals surface area contributed by atoms with Crippen LogP contribution in [0.3, 0.4) is 0 Å². The molecule has 0 saturated carbocycles. The van der Waals surface area contributed by atoms with Crippen molar-refractivity contribution in [1.82, 2.24) is 5.32 Å². The number of aryl methyl sites for hydroxylation is 1. The van der Waals surface area contributed by atoms with Gasteiger partial charge in [-0.05, 0) is 42.0 Å². The summed E-state index contributed by atoms with van der Waals surface area (Å²) in [5.74, 6) is 0.647. The van der Waals surface area contributed by atoms with Crippen molar-refractivity contribution in [3.05, 3.63) is 65.2 Å². The van der Waals surface area contributed by atoms with Crippen molar-refractivity contribution in [3.8, 4) is 5.75 Å². The van der Waals surface area contributed by atoms with Gasteiger partial charge in [-0.1, -0.05) is 69.7 Å². The molecular formula is C22H29NO2. The van der Waals surface area contributed by atoms with Gasteiger partial charge in [-0.15, -0.1) is 0 Å². The van der Waals surface area contributed by atoms with Crippen LogP contribution in [0.25, 0.3) is 0 Å². The molecule has 1 N–H and O–H groups in total. The first-order valence-corrected chi connectivity index (χ1v) is 8.90. The first kappa shape index (κ1) is 19.0. The Balaban J connectivity index is 1.94. The molecule has 3 nitrogen and oxygen atoms in total. The molecule has 0 fully saturated rings. The van der Waals surface area contributed by atoms with E-state index in [0.29, 0.717) is 13.0 Å². The van der Waals surface area contributed by atoms with E-state index in [9.17, 15) is 4.79 Å². The molecule has 0 aliphatic heterocycles. The second-order valence-electron chi connectivity index (χ2n) is 7.49. The summed E-state index contributed by atoms with van der Waals surface area (Å²) < 4.78 is 5.89. The van der Waals surface area contributed by atoms with Crippen LogP contribution in [0.5, 0.6) is 5.75 Å². The van der Waals surface area contributed by atoms with Crippen molar-refractivity contribution in [2.24, 2.45) is 0 Å². The maximum Gasteiger partial charge on any atom is 0.261 e. The number of rotatable bonds is 6. The molecule has 2 aromatic carbocycles. The number of amides is 1. The first-order chi connectivity index (χ1) is 11.8. The van der Waals surface area contributed by atoms with Crippen molar-refractivity contribution in [2.75, 3.05) is 0 Å². The predicted molar refractivity (Wildman–Crippen MR) is 103 cm³/mol. The second-order valence-corrected chi connectivity index (χ2v) is 7.49. The molecule has 1 unspecified atom stereocenters. The fourth-order valence-electron chi connectivity index (χ4n) is 2.53. The van der Waals surface area contributed by atoms with E-state index in [1.807, 2.05) is 50.2 Å². The van der Waals surface area contributed by atoms with Crippen LogP contribution >= 0.6 is 0 Å². The Morgan fingerprint density at radius 2 is 1.64 bits per heavy atom. The maximum atomic E-state index is 12.4. The minimum absolute atomic E-state index is 0.0806. The van der Waals surface area contributed by atoms with E-state index in [1.165, 1.54) is 11.1 Å². The number of hydrogen-bond acceptors (Lipinski definition) is 2. The van der Waals surface area contributed by atoms with Crippen LogP contribution in [0.1, 0.15) is 50.8 Å². The summed E-state index contributed by atoms with van der Waals surface area (Å²) in [6, 6.07) is 16.2. The van der Waals surface area contributed by atoms with Crippen LogP contribution < -0.4 is 10.1 Å². The number of hydrogen-bond donors (Lipinski definition) is 1. The Hall–Kier alpha value is -2.29. The molecule has 1 amide bonds. The van der Waals surface area contributed by atoms with Crippen LogP contribution in [0.15, 0.2) is 48.5 Å². The minimum atomic E-state index is -0.481. The number of benzene rings is 2. The zero-order valence-electron chi connectivity index (χ0n) is 15.9. The van der Waals surface area contributed by atoms with Crippen LogP contribution in [0.2, 0.25) is 0 Å². The second kappa shape index (κ2) is 8.19. The highest BCUT2D eigenvalue weighted by molar-refractivity contribution is 5.81. The maximum absolute atomic E-state index is 12.4. The topological polar surface area (TPSA) is 38.3 Å². The fourth-order valence-corrected chi connectivity index (χ4v) is 2.53. The van der Waals surface area contributed by atoms with E-state index in [0.717, 1.165) is 11.3 Å². The van der Waals surface area contributed by atoms with Gasteiger partial charge in [0.05, 0.1) is 0 Å². The summed E-state index contributed by atoms with van der Waals surface area (Å²) in [6.45, 7) is 11.1. The molecule has 3 heteroatoms. The van der Waals surface area contributed by atoms with Gasteiger partial charge in [0, 0.05) is 6.54 Å². The molecule has 2 aromatic rings. The lowest BCUT2D eigenvalue weighted by atomic mass is 9.87. The van der Waals surface area contributed by atoms with Gasteiger partial charge < -0.3 is 10.1 Å². The third-order valence-electron chi connectivity index (χ3n) is 4.25. The van der Waals surface area contributed by atoms with Crippen LogP contribution in [-0.4, -0.2) is 12.0 Å². The fraction of sp³-hybridized carbons (Fsp3) is 0.409. The predicted octanol–water partition coefficient (Wildman–Crippen LogP) is 4.77. The van der Waals surface area contributed by atoms with Crippen LogP contribution in [0, 0.1) is 6.92 Å². The normalized spacial score (nSPS) is 12.5. The molecule has 0 aliphatic rings. The van der Waals surface area contributed by atoms with Crippen molar-refractivity contribution in [2.45, 2.75) is 59.1 Å². The van der Waals surface area contributed by atoms with Crippen LogP contribution in [-0.2, 0) is 16.8 Å². The lowest BCUT2D eigenvalue weighted by Gasteiger charge is -2.21. The number of nitrogens with one attached hydrogen (secondary N) is 1. The molecule has 0 aliphatic carbocycles. The molecule has 0 saturated heterocycles. The summed E-state index contributed by atoms with van der Waals surface area (Å²) in [6.07, 6.45) is 0.145. The molecule has 0 aromatic heterocycles. The van der Waals surface area contributed by atoms with Crippen molar-refractivity contribution in [3.63, 3.8) is 0 Å². The van der Waals surface area contributed by atoms with E-state index in [2.05, 4.69) is 38.2 Å². The summed E-state index contributed by atoms with van der Waals surface area (Å²) in [7, 11) is 0. The summed E-state index contributed by atoms with van der Waals surface area (Å²) in [5, 5.41) is 2.96. The lowest BCUT2D eigenvalue weighted by Crippen LogP contribution is -2.37. The van der Waals surface area contributed by atoms with Crippen molar-refractivity contribution in [1.29, 1.82) is 0 Å². The van der Waals surface area contributed by atoms with E-state index in [-0.39, 0.29) is 11.3 Å². The lowest BCUT2D eigenvalue weighted by molar-refractivity contribution is -0.128. The van der Waals surface area contributed by atoms with Gasteiger partial charge in [-0.3, -0.25) is 4.79 Å². The van der Waals surface area contributed by atoms with Gasteiger partial charge in [0.1, 0.15) is 5.75 Å². The Morgan fingerprint density at radius 3 is 2.16 bits per heavy atom. The van der Waals surface area contributed by atoms with Gasteiger partial charge >= 0.3 is 0 Å². The van der Waals surface area contributed by atoms with Gasteiger partial charge in [0.25, 0.3) is 5.91 Å². The highest BCUT2D eigenvalue weighted by Gasteiger charge is 2.19. The molecule has 0 bridgehead atoms. The molecular weight excluding hydrogens is 310 g/mol. The quantitative estimate of drug-likeness (QED) is 0.823. The average molecular weight is 339 g/mol. The molecule has 25 heavy (non-hydrogen) atoms. The number of carbonyl (C=O) groups excluding carboxylic acids is 1. The van der Waals surface area contributed by atoms with Crippen LogP contribution in [0.4, 0.5) is 0 Å². The molecule has 0 spiro atoms. The summed E-state index contributed by atoms with van der Waals surface area (Å²) in [4.78, 5) is 12.4. The summed E-state index contributed by atoms with van der Waals surface area (Å²) in [5.41, 5.74) is 3.65. The molecule has 0 radical (unpaired) electrons.